The van der Waals surface area contributed by atoms with Gasteiger partial charge in [-0.25, -0.2) is 0 Å². The van der Waals surface area contributed by atoms with Crippen LogP contribution in [0.25, 0.3) is 0 Å². The SMILES string of the molecule is CCn1cc(OC2CC(NC)C2(CC)CC)cn1. The first kappa shape index (κ1) is 13.4. The maximum Gasteiger partial charge on any atom is 0.157 e. The van der Waals surface area contributed by atoms with E-state index in [0.717, 1.165) is 31.6 Å². The highest BCUT2D eigenvalue weighted by atomic mass is 16.5. The fraction of sp³-hybridized carbons (Fsp3) is 0.786. The first-order valence-electron chi connectivity index (χ1n) is 7.06. The molecule has 1 aliphatic rings. The van der Waals surface area contributed by atoms with Crippen molar-refractivity contribution in [3.8, 4) is 5.75 Å². The Bertz CT molecular complexity index is 384. The number of nitrogens with zero attached hydrogens (tertiary/aromatic N) is 2. The Balaban J connectivity index is 2.05. The van der Waals surface area contributed by atoms with Gasteiger partial charge in [0.15, 0.2) is 5.75 Å². The third kappa shape index (κ3) is 2.03. The van der Waals surface area contributed by atoms with Crippen molar-refractivity contribution in [2.24, 2.45) is 5.41 Å². The van der Waals surface area contributed by atoms with Crippen LogP contribution in [0, 0.1) is 5.41 Å². The summed E-state index contributed by atoms with van der Waals surface area (Å²) in [7, 11) is 2.05. The summed E-state index contributed by atoms with van der Waals surface area (Å²) in [4.78, 5) is 0. The van der Waals surface area contributed by atoms with Crippen LogP contribution in [0.15, 0.2) is 12.4 Å². The van der Waals surface area contributed by atoms with Crippen LogP contribution in [0.1, 0.15) is 40.0 Å². The van der Waals surface area contributed by atoms with Crippen molar-refractivity contribution >= 4 is 0 Å². The molecule has 0 bridgehead atoms. The lowest BCUT2D eigenvalue weighted by atomic mass is 9.58. The molecule has 1 aliphatic carbocycles. The van der Waals surface area contributed by atoms with E-state index >= 15 is 0 Å². The van der Waals surface area contributed by atoms with Gasteiger partial charge in [0.05, 0.1) is 12.4 Å². The highest BCUT2D eigenvalue weighted by Crippen LogP contribution is 2.48. The van der Waals surface area contributed by atoms with E-state index < -0.39 is 0 Å². The lowest BCUT2D eigenvalue weighted by Gasteiger charge is -2.54. The molecular formula is C14H25N3O. The lowest BCUT2D eigenvalue weighted by molar-refractivity contribution is -0.0836. The van der Waals surface area contributed by atoms with Crippen LogP contribution in [-0.2, 0) is 6.54 Å². The normalized spacial score (nSPS) is 25.8. The van der Waals surface area contributed by atoms with Gasteiger partial charge in [-0.2, -0.15) is 5.10 Å². The lowest BCUT2D eigenvalue weighted by Crippen LogP contribution is -2.63. The predicted octanol–water partition coefficient (Wildman–Crippen LogP) is 2.45. The Hall–Kier alpha value is -1.03. The Labute approximate surface area is 110 Å². The average molecular weight is 251 g/mol. The van der Waals surface area contributed by atoms with Gasteiger partial charge in [-0.05, 0) is 26.8 Å². The van der Waals surface area contributed by atoms with Crippen LogP contribution in [0.3, 0.4) is 0 Å². The van der Waals surface area contributed by atoms with Crippen molar-refractivity contribution in [3.63, 3.8) is 0 Å². The Morgan fingerprint density at radius 2 is 2.17 bits per heavy atom. The van der Waals surface area contributed by atoms with Crippen LogP contribution < -0.4 is 10.1 Å². The number of aromatic nitrogens is 2. The van der Waals surface area contributed by atoms with Crippen molar-refractivity contribution < 1.29 is 4.74 Å². The summed E-state index contributed by atoms with van der Waals surface area (Å²) in [5.74, 6) is 0.905. The van der Waals surface area contributed by atoms with Crippen LogP contribution >= 0.6 is 0 Å². The minimum absolute atomic E-state index is 0.281. The van der Waals surface area contributed by atoms with E-state index in [1.54, 1.807) is 0 Å². The molecule has 0 radical (unpaired) electrons. The topological polar surface area (TPSA) is 39.1 Å². The summed E-state index contributed by atoms with van der Waals surface area (Å²) >= 11 is 0. The largest absolute Gasteiger partial charge is 0.486 e. The van der Waals surface area contributed by atoms with Crippen LogP contribution in [0.5, 0.6) is 5.75 Å². The summed E-state index contributed by atoms with van der Waals surface area (Å²) in [6, 6.07) is 0.582. The quantitative estimate of drug-likeness (QED) is 0.844. The molecule has 2 atom stereocenters. The zero-order valence-corrected chi connectivity index (χ0v) is 11.9. The molecule has 1 aromatic rings. The third-order valence-corrected chi connectivity index (χ3v) is 4.66. The summed E-state index contributed by atoms with van der Waals surface area (Å²) in [6.45, 7) is 7.50. The van der Waals surface area contributed by atoms with Crippen molar-refractivity contribution in [2.45, 2.75) is 58.7 Å². The molecule has 0 aromatic carbocycles. The van der Waals surface area contributed by atoms with Crippen molar-refractivity contribution in [1.29, 1.82) is 0 Å². The molecule has 2 unspecified atom stereocenters. The molecule has 0 amide bonds. The number of rotatable bonds is 6. The predicted molar refractivity (Wildman–Crippen MR) is 72.8 cm³/mol. The van der Waals surface area contributed by atoms with E-state index in [1.807, 2.05) is 17.1 Å². The number of aryl methyl sites for hydroxylation is 1. The molecule has 1 heterocycles. The molecule has 1 fully saturated rings. The van der Waals surface area contributed by atoms with Crippen LogP contribution in [0.4, 0.5) is 0 Å². The third-order valence-electron chi connectivity index (χ3n) is 4.66. The highest BCUT2D eigenvalue weighted by molar-refractivity contribution is 5.16. The van der Waals surface area contributed by atoms with E-state index in [2.05, 4.69) is 38.2 Å². The fourth-order valence-corrected chi connectivity index (χ4v) is 3.26. The van der Waals surface area contributed by atoms with Gasteiger partial charge in [0.25, 0.3) is 0 Å². The molecule has 102 valence electrons. The molecule has 4 nitrogen and oxygen atoms in total. The second-order valence-electron chi connectivity index (χ2n) is 5.16. The van der Waals surface area contributed by atoms with Gasteiger partial charge < -0.3 is 10.1 Å². The van der Waals surface area contributed by atoms with Gasteiger partial charge in [-0.1, -0.05) is 13.8 Å². The minimum Gasteiger partial charge on any atom is -0.486 e. The standard InChI is InChI=1S/C14H25N3O/c1-5-14(6-2)12(15-4)8-13(14)18-11-9-16-17(7-3)10-11/h9-10,12-13,15H,5-8H2,1-4H3. The molecule has 18 heavy (non-hydrogen) atoms. The van der Waals surface area contributed by atoms with Crippen LogP contribution in [-0.4, -0.2) is 29.0 Å². The first-order valence-corrected chi connectivity index (χ1v) is 7.06. The average Bonchev–Trinajstić information content (AvgIpc) is 2.83. The molecular weight excluding hydrogens is 226 g/mol. The molecule has 0 saturated heterocycles. The van der Waals surface area contributed by atoms with Gasteiger partial charge in [-0.15, -0.1) is 0 Å². The van der Waals surface area contributed by atoms with Gasteiger partial charge in [0.1, 0.15) is 6.10 Å². The van der Waals surface area contributed by atoms with Gasteiger partial charge in [0.2, 0.25) is 0 Å². The van der Waals surface area contributed by atoms with E-state index in [4.69, 9.17) is 4.74 Å². The maximum absolute atomic E-state index is 6.14. The Kier molecular flexibility index (Phi) is 3.95. The van der Waals surface area contributed by atoms with Gasteiger partial charge in [0, 0.05) is 24.4 Å². The van der Waals surface area contributed by atoms with Gasteiger partial charge in [-0.3, -0.25) is 4.68 Å². The molecule has 0 aliphatic heterocycles. The molecule has 1 N–H and O–H groups in total. The van der Waals surface area contributed by atoms with Gasteiger partial charge >= 0.3 is 0 Å². The summed E-state index contributed by atoms with van der Waals surface area (Å²) in [5, 5.41) is 7.69. The molecule has 1 saturated carbocycles. The van der Waals surface area contributed by atoms with E-state index in [9.17, 15) is 0 Å². The molecule has 2 rings (SSSR count). The number of hydrogen-bond acceptors (Lipinski definition) is 3. The van der Waals surface area contributed by atoms with E-state index in [1.165, 1.54) is 0 Å². The second-order valence-corrected chi connectivity index (χ2v) is 5.16. The van der Waals surface area contributed by atoms with Crippen molar-refractivity contribution in [2.75, 3.05) is 7.05 Å². The zero-order valence-electron chi connectivity index (χ0n) is 11.9. The van der Waals surface area contributed by atoms with Crippen molar-refractivity contribution in [3.05, 3.63) is 12.4 Å². The molecule has 0 spiro atoms. The fourth-order valence-electron chi connectivity index (χ4n) is 3.26. The number of ether oxygens (including phenoxy) is 1. The van der Waals surface area contributed by atoms with E-state index in [-0.39, 0.29) is 5.41 Å². The monoisotopic (exact) mass is 251 g/mol. The smallest absolute Gasteiger partial charge is 0.157 e. The maximum atomic E-state index is 6.14. The van der Waals surface area contributed by atoms with Crippen molar-refractivity contribution in [1.82, 2.24) is 15.1 Å². The second kappa shape index (κ2) is 5.31. The highest BCUT2D eigenvalue weighted by Gasteiger charge is 2.53. The summed E-state index contributed by atoms with van der Waals surface area (Å²) in [5.41, 5.74) is 0.281. The first-order chi connectivity index (χ1) is 8.70. The number of nitrogens with one attached hydrogen (secondary N) is 1. The molecule has 4 heteroatoms. The zero-order chi connectivity index (χ0) is 13.2. The Morgan fingerprint density at radius 3 is 2.67 bits per heavy atom. The molecule has 1 aromatic heterocycles. The van der Waals surface area contributed by atoms with E-state index in [0.29, 0.717) is 12.1 Å². The summed E-state index contributed by atoms with van der Waals surface area (Å²) < 4.78 is 8.05. The number of hydrogen-bond donors (Lipinski definition) is 1. The minimum atomic E-state index is 0.281. The summed E-state index contributed by atoms with van der Waals surface area (Å²) in [6.07, 6.45) is 7.53. The van der Waals surface area contributed by atoms with Crippen LogP contribution in [0.2, 0.25) is 0 Å². The Morgan fingerprint density at radius 1 is 1.44 bits per heavy atom.